The first-order valence-electron chi connectivity index (χ1n) is 7.23. The van der Waals surface area contributed by atoms with Crippen molar-refractivity contribution in [1.82, 2.24) is 10.2 Å². The third-order valence-corrected chi connectivity index (χ3v) is 3.36. The molecule has 0 aromatic heterocycles. The van der Waals surface area contributed by atoms with Crippen molar-refractivity contribution in [2.45, 2.75) is 13.3 Å². The van der Waals surface area contributed by atoms with Crippen LogP contribution in [0.4, 0.5) is 0 Å². The maximum absolute atomic E-state index is 4.54. The van der Waals surface area contributed by atoms with E-state index in [-0.39, 0.29) is 0 Å². The van der Waals surface area contributed by atoms with Crippen molar-refractivity contribution in [3.05, 3.63) is 54.6 Å². The molecule has 0 fully saturated rings. The Hall–Kier alpha value is -2.03. The van der Waals surface area contributed by atoms with Crippen LogP contribution in [0.25, 0.3) is 5.57 Å². The highest BCUT2D eigenvalue weighted by Gasteiger charge is 2.15. The van der Waals surface area contributed by atoms with E-state index in [4.69, 9.17) is 0 Å². The molecule has 0 aliphatic carbocycles. The predicted octanol–water partition coefficient (Wildman–Crippen LogP) is 2.93. The van der Waals surface area contributed by atoms with Gasteiger partial charge in [0.2, 0.25) is 0 Å². The van der Waals surface area contributed by atoms with Crippen molar-refractivity contribution in [2.75, 3.05) is 26.2 Å². The van der Waals surface area contributed by atoms with E-state index in [9.17, 15) is 0 Å². The molecule has 0 radical (unpaired) electrons. The summed E-state index contributed by atoms with van der Waals surface area (Å²) < 4.78 is 0. The zero-order valence-electron chi connectivity index (χ0n) is 12.2. The summed E-state index contributed by atoms with van der Waals surface area (Å²) in [5.41, 5.74) is 2.77. The topological polar surface area (TPSA) is 27.6 Å². The van der Waals surface area contributed by atoms with Crippen molar-refractivity contribution in [1.29, 1.82) is 0 Å². The average molecular weight is 269 g/mol. The summed E-state index contributed by atoms with van der Waals surface area (Å²) in [6.07, 6.45) is 5.19. The molecule has 1 heterocycles. The van der Waals surface area contributed by atoms with E-state index in [1.807, 2.05) is 6.08 Å². The Morgan fingerprint density at radius 2 is 2.20 bits per heavy atom. The molecule has 1 aromatic rings. The Kier molecular flexibility index (Phi) is 5.42. The molecule has 3 heteroatoms. The molecule has 0 unspecified atom stereocenters. The minimum atomic E-state index is 0.661. The Balaban J connectivity index is 2.05. The Morgan fingerprint density at radius 1 is 1.40 bits per heavy atom. The van der Waals surface area contributed by atoms with Crippen LogP contribution < -0.4 is 5.32 Å². The molecule has 3 nitrogen and oxygen atoms in total. The van der Waals surface area contributed by atoms with Crippen LogP contribution in [0.1, 0.15) is 18.9 Å². The highest BCUT2D eigenvalue weighted by atomic mass is 15.3. The lowest BCUT2D eigenvalue weighted by Crippen LogP contribution is -2.43. The fourth-order valence-electron chi connectivity index (χ4n) is 2.35. The van der Waals surface area contributed by atoms with E-state index >= 15 is 0 Å². The highest BCUT2D eigenvalue weighted by Crippen LogP contribution is 2.21. The molecule has 0 bridgehead atoms. The summed E-state index contributed by atoms with van der Waals surface area (Å²) in [5.74, 6) is 0.982. The fourth-order valence-corrected chi connectivity index (χ4v) is 2.35. The molecule has 0 amide bonds. The van der Waals surface area contributed by atoms with Gasteiger partial charge in [0.25, 0.3) is 0 Å². The van der Waals surface area contributed by atoms with Crippen LogP contribution in [0.15, 0.2) is 54.1 Å². The van der Waals surface area contributed by atoms with Crippen LogP contribution in [-0.2, 0) is 0 Å². The molecule has 0 saturated heterocycles. The van der Waals surface area contributed by atoms with E-state index < -0.39 is 0 Å². The number of guanidine groups is 1. The van der Waals surface area contributed by atoms with E-state index in [0.29, 0.717) is 6.54 Å². The van der Waals surface area contributed by atoms with Gasteiger partial charge in [0.05, 0.1) is 6.54 Å². The van der Waals surface area contributed by atoms with Gasteiger partial charge in [0, 0.05) is 19.6 Å². The first kappa shape index (κ1) is 14.4. The first-order valence-corrected chi connectivity index (χ1v) is 7.23. The number of hydrogen-bond acceptors (Lipinski definition) is 1. The molecular formula is C17H23N3. The smallest absolute Gasteiger partial charge is 0.194 e. The van der Waals surface area contributed by atoms with Gasteiger partial charge in [0.15, 0.2) is 5.96 Å². The number of nitrogens with one attached hydrogen (secondary N) is 1. The molecule has 1 aliphatic rings. The van der Waals surface area contributed by atoms with Crippen LogP contribution in [0.2, 0.25) is 0 Å². The summed E-state index contributed by atoms with van der Waals surface area (Å²) in [4.78, 5) is 6.83. The van der Waals surface area contributed by atoms with Crippen LogP contribution in [0, 0.1) is 0 Å². The van der Waals surface area contributed by atoms with Crippen LogP contribution >= 0.6 is 0 Å². The maximum atomic E-state index is 4.54. The standard InChI is InChI=1S/C17H23N3/c1-3-12-19-17(18-4-2)20-13-10-16(11-14-20)15-8-6-5-7-9-15/h3,5-10H,1,4,11-14H2,2H3,(H,18,19). The third kappa shape index (κ3) is 3.73. The van der Waals surface area contributed by atoms with E-state index in [1.165, 1.54) is 11.1 Å². The summed E-state index contributed by atoms with van der Waals surface area (Å²) in [5, 5.41) is 3.34. The van der Waals surface area contributed by atoms with Gasteiger partial charge in [-0.2, -0.15) is 0 Å². The maximum Gasteiger partial charge on any atom is 0.194 e. The van der Waals surface area contributed by atoms with Gasteiger partial charge in [-0.1, -0.05) is 42.5 Å². The van der Waals surface area contributed by atoms with E-state index in [0.717, 1.165) is 32.0 Å². The molecule has 106 valence electrons. The van der Waals surface area contributed by atoms with Gasteiger partial charge in [-0.25, -0.2) is 4.99 Å². The van der Waals surface area contributed by atoms with Gasteiger partial charge < -0.3 is 10.2 Å². The number of rotatable bonds is 4. The van der Waals surface area contributed by atoms with E-state index in [2.05, 4.69) is 65.1 Å². The van der Waals surface area contributed by atoms with Gasteiger partial charge in [-0.15, -0.1) is 6.58 Å². The minimum Gasteiger partial charge on any atom is -0.356 e. The fraction of sp³-hybridized carbons (Fsp3) is 0.353. The Bertz CT molecular complexity index is 488. The number of aliphatic imine (C=N–C) groups is 1. The minimum absolute atomic E-state index is 0.661. The lowest BCUT2D eigenvalue weighted by Gasteiger charge is -2.29. The largest absolute Gasteiger partial charge is 0.356 e. The SMILES string of the molecule is C=CCN=C(NCC)N1CC=C(c2ccccc2)CC1. The molecule has 1 N–H and O–H groups in total. The quantitative estimate of drug-likeness (QED) is 0.517. The average Bonchev–Trinajstić information content (AvgIpc) is 2.52. The number of benzene rings is 1. The summed E-state index contributed by atoms with van der Waals surface area (Å²) in [6.45, 7) is 9.29. The van der Waals surface area contributed by atoms with Gasteiger partial charge in [-0.3, -0.25) is 0 Å². The zero-order chi connectivity index (χ0) is 14.2. The molecule has 1 aliphatic heterocycles. The third-order valence-electron chi connectivity index (χ3n) is 3.36. The zero-order valence-corrected chi connectivity index (χ0v) is 12.2. The Labute approximate surface area is 121 Å². The number of hydrogen-bond donors (Lipinski definition) is 1. The molecule has 20 heavy (non-hydrogen) atoms. The monoisotopic (exact) mass is 269 g/mol. The van der Waals surface area contributed by atoms with Crippen molar-refractivity contribution >= 4 is 11.5 Å². The second kappa shape index (κ2) is 7.53. The van der Waals surface area contributed by atoms with Crippen molar-refractivity contribution in [3.8, 4) is 0 Å². The summed E-state index contributed by atoms with van der Waals surface area (Å²) >= 11 is 0. The van der Waals surface area contributed by atoms with Crippen LogP contribution in [0.3, 0.4) is 0 Å². The summed E-state index contributed by atoms with van der Waals surface area (Å²) in [7, 11) is 0. The highest BCUT2D eigenvalue weighted by molar-refractivity contribution is 5.81. The lowest BCUT2D eigenvalue weighted by atomic mass is 10.00. The molecule has 2 rings (SSSR count). The van der Waals surface area contributed by atoms with Crippen molar-refractivity contribution in [2.24, 2.45) is 4.99 Å². The van der Waals surface area contributed by atoms with Crippen molar-refractivity contribution < 1.29 is 0 Å². The lowest BCUT2D eigenvalue weighted by molar-refractivity contribution is 0.441. The van der Waals surface area contributed by atoms with E-state index in [1.54, 1.807) is 0 Å². The first-order chi connectivity index (χ1) is 9.85. The van der Waals surface area contributed by atoms with Crippen LogP contribution in [-0.4, -0.2) is 37.0 Å². The Morgan fingerprint density at radius 3 is 2.80 bits per heavy atom. The predicted molar refractivity (Wildman–Crippen MR) is 86.8 cm³/mol. The van der Waals surface area contributed by atoms with Crippen LogP contribution in [0.5, 0.6) is 0 Å². The molecule has 0 spiro atoms. The van der Waals surface area contributed by atoms with Crippen molar-refractivity contribution in [3.63, 3.8) is 0 Å². The molecule has 0 saturated carbocycles. The second-order valence-corrected chi connectivity index (χ2v) is 4.77. The number of nitrogens with zero attached hydrogens (tertiary/aromatic N) is 2. The molecule has 1 aromatic carbocycles. The van der Waals surface area contributed by atoms with Gasteiger partial charge in [-0.05, 0) is 24.5 Å². The second-order valence-electron chi connectivity index (χ2n) is 4.77. The van der Waals surface area contributed by atoms with Gasteiger partial charge in [0.1, 0.15) is 0 Å². The molecule has 0 atom stereocenters. The normalized spacial score (nSPS) is 15.8. The summed E-state index contributed by atoms with van der Waals surface area (Å²) in [6, 6.07) is 10.6. The molecular weight excluding hydrogens is 246 g/mol. The van der Waals surface area contributed by atoms with Gasteiger partial charge >= 0.3 is 0 Å².